The number of amides is 2. The Hall–Kier alpha value is -3.40. The molecule has 0 atom stereocenters. The molecular weight excluding hydrogens is 324 g/mol. The minimum absolute atomic E-state index is 0.0929. The number of hydrogen-bond acceptors (Lipinski definition) is 2. The molecule has 130 valence electrons. The van der Waals surface area contributed by atoms with E-state index in [1.807, 2.05) is 48.5 Å². The zero-order valence-corrected chi connectivity index (χ0v) is 14.6. The lowest BCUT2D eigenvalue weighted by Crippen LogP contribution is -2.26. The highest BCUT2D eigenvalue weighted by Gasteiger charge is 2.13. The topological polar surface area (TPSA) is 49.4 Å². The van der Waals surface area contributed by atoms with Gasteiger partial charge < -0.3 is 10.2 Å². The lowest BCUT2D eigenvalue weighted by Gasteiger charge is -2.18. The van der Waals surface area contributed by atoms with Gasteiger partial charge in [-0.1, -0.05) is 54.6 Å². The molecule has 0 aromatic heterocycles. The predicted molar refractivity (Wildman–Crippen MR) is 103 cm³/mol. The molecule has 4 heteroatoms. The first-order chi connectivity index (χ1) is 12.6. The van der Waals surface area contributed by atoms with Crippen molar-refractivity contribution in [1.82, 2.24) is 4.90 Å². The normalized spacial score (nSPS) is 10.2. The molecule has 0 saturated heterocycles. The van der Waals surface area contributed by atoms with Crippen LogP contribution in [-0.2, 0) is 6.54 Å². The van der Waals surface area contributed by atoms with Crippen molar-refractivity contribution in [3.63, 3.8) is 0 Å². The molecular formula is C22H20N2O2. The van der Waals surface area contributed by atoms with E-state index in [0.29, 0.717) is 23.4 Å². The van der Waals surface area contributed by atoms with Crippen LogP contribution < -0.4 is 5.32 Å². The van der Waals surface area contributed by atoms with Gasteiger partial charge in [-0.2, -0.15) is 0 Å². The van der Waals surface area contributed by atoms with Crippen LogP contribution >= 0.6 is 0 Å². The van der Waals surface area contributed by atoms with E-state index in [1.165, 1.54) is 0 Å². The first-order valence-electron chi connectivity index (χ1n) is 8.39. The Morgan fingerprint density at radius 2 is 1.42 bits per heavy atom. The largest absolute Gasteiger partial charge is 0.337 e. The highest BCUT2D eigenvalue weighted by Crippen LogP contribution is 2.15. The maximum absolute atomic E-state index is 12.7. The van der Waals surface area contributed by atoms with E-state index in [-0.39, 0.29) is 11.8 Å². The molecule has 0 saturated carbocycles. The van der Waals surface area contributed by atoms with Gasteiger partial charge in [0.1, 0.15) is 0 Å². The standard InChI is InChI=1S/C22H20N2O2/c1-24(16-17-9-4-2-5-10-17)22(26)19-13-8-14-20(15-19)23-21(25)18-11-6-3-7-12-18/h2-15H,16H2,1H3,(H,23,25). The highest BCUT2D eigenvalue weighted by atomic mass is 16.2. The summed E-state index contributed by atoms with van der Waals surface area (Å²) in [5.74, 6) is -0.294. The van der Waals surface area contributed by atoms with E-state index >= 15 is 0 Å². The summed E-state index contributed by atoms with van der Waals surface area (Å²) >= 11 is 0. The van der Waals surface area contributed by atoms with Crippen molar-refractivity contribution in [3.8, 4) is 0 Å². The van der Waals surface area contributed by atoms with E-state index in [4.69, 9.17) is 0 Å². The van der Waals surface area contributed by atoms with Gasteiger partial charge in [0.05, 0.1) is 0 Å². The minimum atomic E-state index is -0.201. The first kappa shape index (κ1) is 17.4. The number of nitrogens with zero attached hydrogens (tertiary/aromatic N) is 1. The minimum Gasteiger partial charge on any atom is -0.337 e. The van der Waals surface area contributed by atoms with Gasteiger partial charge >= 0.3 is 0 Å². The monoisotopic (exact) mass is 344 g/mol. The summed E-state index contributed by atoms with van der Waals surface area (Å²) in [6.45, 7) is 0.528. The molecule has 0 aliphatic heterocycles. The Morgan fingerprint density at radius 3 is 2.12 bits per heavy atom. The summed E-state index contributed by atoms with van der Waals surface area (Å²) in [6.07, 6.45) is 0. The second kappa shape index (κ2) is 8.12. The average molecular weight is 344 g/mol. The fraction of sp³-hybridized carbons (Fsp3) is 0.0909. The molecule has 26 heavy (non-hydrogen) atoms. The van der Waals surface area contributed by atoms with Crippen molar-refractivity contribution in [1.29, 1.82) is 0 Å². The second-order valence-electron chi connectivity index (χ2n) is 6.05. The van der Waals surface area contributed by atoms with Crippen LogP contribution in [0.3, 0.4) is 0 Å². The Labute approximate surface area is 153 Å². The third-order valence-electron chi connectivity index (χ3n) is 4.01. The van der Waals surface area contributed by atoms with Gasteiger partial charge in [-0.3, -0.25) is 9.59 Å². The van der Waals surface area contributed by atoms with E-state index in [9.17, 15) is 9.59 Å². The summed E-state index contributed by atoms with van der Waals surface area (Å²) in [6, 6.07) is 25.8. The number of anilines is 1. The van der Waals surface area contributed by atoms with E-state index < -0.39 is 0 Å². The van der Waals surface area contributed by atoms with Gasteiger partial charge in [-0.05, 0) is 35.9 Å². The molecule has 1 N–H and O–H groups in total. The third-order valence-corrected chi connectivity index (χ3v) is 4.01. The molecule has 0 unspecified atom stereocenters. The average Bonchev–Trinajstić information content (AvgIpc) is 2.69. The third kappa shape index (κ3) is 4.36. The molecule has 0 aliphatic rings. The van der Waals surface area contributed by atoms with Crippen molar-refractivity contribution in [2.24, 2.45) is 0 Å². The van der Waals surface area contributed by atoms with Crippen LogP contribution in [0.4, 0.5) is 5.69 Å². The van der Waals surface area contributed by atoms with Crippen LogP contribution in [0.2, 0.25) is 0 Å². The summed E-state index contributed by atoms with van der Waals surface area (Å²) in [7, 11) is 1.77. The highest BCUT2D eigenvalue weighted by molar-refractivity contribution is 6.05. The lowest BCUT2D eigenvalue weighted by molar-refractivity contribution is 0.0784. The van der Waals surface area contributed by atoms with Crippen LogP contribution in [-0.4, -0.2) is 23.8 Å². The van der Waals surface area contributed by atoms with Crippen LogP contribution in [0.15, 0.2) is 84.9 Å². The number of rotatable bonds is 5. The fourth-order valence-electron chi connectivity index (χ4n) is 2.67. The van der Waals surface area contributed by atoms with Crippen LogP contribution in [0.1, 0.15) is 26.3 Å². The van der Waals surface area contributed by atoms with Crippen LogP contribution in [0.25, 0.3) is 0 Å². The van der Waals surface area contributed by atoms with Crippen LogP contribution in [0, 0.1) is 0 Å². The molecule has 0 aliphatic carbocycles. The summed E-state index contributed by atoms with van der Waals surface area (Å²) < 4.78 is 0. The first-order valence-corrected chi connectivity index (χ1v) is 8.39. The van der Waals surface area contributed by atoms with Crippen molar-refractivity contribution < 1.29 is 9.59 Å². The molecule has 3 rings (SSSR count). The SMILES string of the molecule is CN(Cc1ccccc1)C(=O)c1cccc(NC(=O)c2ccccc2)c1. The molecule has 0 bridgehead atoms. The molecule has 3 aromatic rings. The Morgan fingerprint density at radius 1 is 0.808 bits per heavy atom. The van der Waals surface area contributed by atoms with E-state index in [2.05, 4.69) is 5.32 Å². The second-order valence-corrected chi connectivity index (χ2v) is 6.05. The van der Waals surface area contributed by atoms with Crippen molar-refractivity contribution in [2.45, 2.75) is 6.54 Å². The van der Waals surface area contributed by atoms with Gasteiger partial charge in [0.25, 0.3) is 11.8 Å². The molecule has 0 radical (unpaired) electrons. The van der Waals surface area contributed by atoms with Crippen molar-refractivity contribution in [2.75, 3.05) is 12.4 Å². The molecule has 2 amide bonds. The van der Waals surface area contributed by atoms with Crippen molar-refractivity contribution >= 4 is 17.5 Å². The maximum Gasteiger partial charge on any atom is 0.255 e. The number of carbonyl (C=O) groups is 2. The molecule has 0 heterocycles. The Balaban J connectivity index is 1.70. The number of benzene rings is 3. The molecule has 4 nitrogen and oxygen atoms in total. The molecule has 3 aromatic carbocycles. The van der Waals surface area contributed by atoms with Gasteiger partial charge in [0.2, 0.25) is 0 Å². The van der Waals surface area contributed by atoms with Gasteiger partial charge in [-0.25, -0.2) is 0 Å². The summed E-state index contributed by atoms with van der Waals surface area (Å²) in [5, 5.41) is 2.83. The zero-order chi connectivity index (χ0) is 18.4. The number of carbonyl (C=O) groups excluding carboxylic acids is 2. The smallest absolute Gasteiger partial charge is 0.255 e. The summed E-state index contributed by atoms with van der Waals surface area (Å²) in [5.41, 5.74) is 2.77. The fourth-order valence-corrected chi connectivity index (χ4v) is 2.67. The lowest BCUT2D eigenvalue weighted by atomic mass is 10.1. The predicted octanol–water partition coefficient (Wildman–Crippen LogP) is 4.21. The molecule has 0 fully saturated rings. The zero-order valence-electron chi connectivity index (χ0n) is 14.6. The summed E-state index contributed by atoms with van der Waals surface area (Å²) in [4.78, 5) is 26.6. The number of nitrogens with one attached hydrogen (secondary N) is 1. The van der Waals surface area contributed by atoms with Crippen LogP contribution in [0.5, 0.6) is 0 Å². The van der Waals surface area contributed by atoms with E-state index in [1.54, 1.807) is 48.3 Å². The quantitative estimate of drug-likeness (QED) is 0.754. The van der Waals surface area contributed by atoms with Gasteiger partial charge in [0.15, 0.2) is 0 Å². The van der Waals surface area contributed by atoms with Crippen molar-refractivity contribution in [3.05, 3.63) is 102 Å². The number of hydrogen-bond donors (Lipinski definition) is 1. The molecule has 0 spiro atoms. The Bertz CT molecular complexity index is 892. The van der Waals surface area contributed by atoms with Gasteiger partial charge in [0, 0.05) is 30.4 Å². The van der Waals surface area contributed by atoms with Gasteiger partial charge in [-0.15, -0.1) is 0 Å². The van der Waals surface area contributed by atoms with E-state index in [0.717, 1.165) is 5.56 Å². The Kier molecular flexibility index (Phi) is 5.44. The maximum atomic E-state index is 12.7.